The van der Waals surface area contributed by atoms with Gasteiger partial charge in [0.25, 0.3) is 0 Å². The number of aldehydes is 1. The van der Waals surface area contributed by atoms with Gasteiger partial charge in [-0.15, -0.1) is 0 Å². The predicted molar refractivity (Wildman–Crippen MR) is 82.5 cm³/mol. The minimum Gasteiger partial charge on any atom is -0.637 e. The molecule has 24 heavy (non-hydrogen) atoms. The fourth-order valence-electron chi connectivity index (χ4n) is 1.26. The van der Waals surface area contributed by atoms with Crippen molar-refractivity contribution in [3.63, 3.8) is 0 Å². The molecule has 0 saturated heterocycles. The van der Waals surface area contributed by atoms with Crippen molar-refractivity contribution in [3.05, 3.63) is 17.5 Å². The molecule has 0 spiro atoms. The summed E-state index contributed by atoms with van der Waals surface area (Å²) in [5.74, 6) is -1.21. The number of carbonyl (C=O) groups excluding carboxylic acids is 5. The summed E-state index contributed by atoms with van der Waals surface area (Å²) >= 11 is 0. The molecule has 0 fully saturated rings. The Morgan fingerprint density at radius 1 is 1.17 bits per heavy atom. The van der Waals surface area contributed by atoms with Crippen LogP contribution >= 0.6 is 0 Å². The number of hydrogen-bond acceptors (Lipinski definition) is 5. The molecule has 0 aromatic heterocycles. The van der Waals surface area contributed by atoms with Crippen LogP contribution in [0.4, 0.5) is 0 Å². The van der Waals surface area contributed by atoms with Gasteiger partial charge in [-0.2, -0.15) is 0 Å². The summed E-state index contributed by atoms with van der Waals surface area (Å²) in [5, 5.41) is 8.46. The second-order valence-electron chi connectivity index (χ2n) is 4.39. The number of nitrogens with one attached hydrogen (secondary N) is 2. The van der Waals surface area contributed by atoms with E-state index in [0.717, 1.165) is 12.2 Å². The molecule has 0 aromatic rings. The van der Waals surface area contributed by atoms with Gasteiger partial charge in [0.2, 0.25) is 11.8 Å². The first-order valence-corrected chi connectivity index (χ1v) is 6.68. The molecule has 11 heteroatoms. The van der Waals surface area contributed by atoms with Crippen LogP contribution in [0.1, 0.15) is 6.42 Å². The van der Waals surface area contributed by atoms with E-state index in [1.54, 1.807) is 0 Å². The zero-order chi connectivity index (χ0) is 17.7. The van der Waals surface area contributed by atoms with Crippen LogP contribution < -0.4 is 10.6 Å². The van der Waals surface area contributed by atoms with Crippen molar-refractivity contribution in [2.45, 2.75) is 6.42 Å². The van der Waals surface area contributed by atoms with Gasteiger partial charge in [-0.1, -0.05) is 13.2 Å². The van der Waals surface area contributed by atoms with Gasteiger partial charge < -0.3 is 25.6 Å². The molecule has 127 valence electrons. The molecule has 0 heterocycles. The minimum absolute atomic E-state index is 0. The zero-order valence-corrected chi connectivity index (χ0v) is 16.2. The summed E-state index contributed by atoms with van der Waals surface area (Å²) in [4.78, 5) is 55.9. The standard InChI is InChI=1S/C13H18BN4O5.Y/c1-18(13(23)3-2-6-19)5-4-11(21)17-9-15-8-12(22)16-7-10(14)20;/h2-3,6H,4-5,7-9H2,1H3,(H,16,22)(H,17,21);/q-1;/b3-2-;. The van der Waals surface area contributed by atoms with E-state index in [1.807, 2.05) is 0 Å². The van der Waals surface area contributed by atoms with Crippen molar-refractivity contribution in [1.29, 1.82) is 0 Å². The van der Waals surface area contributed by atoms with Gasteiger partial charge in [0.1, 0.15) is 6.29 Å². The van der Waals surface area contributed by atoms with Crippen molar-refractivity contribution < 1.29 is 56.7 Å². The Kier molecular flexibility index (Phi) is 15.7. The van der Waals surface area contributed by atoms with Gasteiger partial charge in [0, 0.05) is 58.8 Å². The molecule has 9 nitrogen and oxygen atoms in total. The van der Waals surface area contributed by atoms with Gasteiger partial charge in [0.15, 0.2) is 13.8 Å². The number of carbonyl (C=O) groups is 5. The molecule has 2 N–H and O–H groups in total. The van der Waals surface area contributed by atoms with Crippen molar-refractivity contribution in [3.8, 4) is 0 Å². The monoisotopic (exact) mass is 410 g/mol. The van der Waals surface area contributed by atoms with E-state index in [-0.39, 0.29) is 77.2 Å². The van der Waals surface area contributed by atoms with Crippen LogP contribution in [0, 0.1) is 0 Å². The first-order valence-electron chi connectivity index (χ1n) is 6.68. The number of nitrogens with zero attached hydrogens (tertiary/aromatic N) is 2. The number of rotatable bonds is 11. The van der Waals surface area contributed by atoms with Crippen LogP contribution in [-0.4, -0.2) is 75.8 Å². The Labute approximate surface area is 166 Å². The van der Waals surface area contributed by atoms with Gasteiger partial charge >= 0.3 is 0 Å². The van der Waals surface area contributed by atoms with Crippen molar-refractivity contribution >= 4 is 37.5 Å². The first-order chi connectivity index (χ1) is 10.9. The molecule has 0 rings (SSSR count). The maximum atomic E-state index is 11.5. The Morgan fingerprint density at radius 3 is 2.42 bits per heavy atom. The Morgan fingerprint density at radius 2 is 1.83 bits per heavy atom. The van der Waals surface area contributed by atoms with E-state index in [4.69, 9.17) is 7.85 Å². The second-order valence-corrected chi connectivity index (χ2v) is 4.39. The Balaban J connectivity index is 0. The molecule has 3 amide bonds. The average molecular weight is 410 g/mol. The molecule has 3 radical (unpaired) electrons. The van der Waals surface area contributed by atoms with E-state index < -0.39 is 11.6 Å². The largest absolute Gasteiger partial charge is 0.637 e. The van der Waals surface area contributed by atoms with Crippen LogP contribution in [-0.2, 0) is 56.7 Å². The van der Waals surface area contributed by atoms with E-state index in [1.165, 1.54) is 11.9 Å². The molecule has 0 saturated carbocycles. The van der Waals surface area contributed by atoms with Crippen LogP contribution in [0.2, 0.25) is 0 Å². The van der Waals surface area contributed by atoms with Crippen molar-refractivity contribution in [1.82, 2.24) is 15.5 Å². The number of likely N-dealkylation sites (N-methyl/N-ethyl adjacent to an activating group) is 1. The molecule has 0 aliphatic heterocycles. The smallest absolute Gasteiger partial charge is 0.246 e. The van der Waals surface area contributed by atoms with Crippen LogP contribution in [0.15, 0.2) is 12.2 Å². The average Bonchev–Trinajstić information content (AvgIpc) is 2.52. The van der Waals surface area contributed by atoms with E-state index in [2.05, 4.69) is 16.0 Å². The van der Waals surface area contributed by atoms with Crippen molar-refractivity contribution in [2.75, 3.05) is 33.4 Å². The number of allylic oxidation sites excluding steroid dienone is 1. The van der Waals surface area contributed by atoms with Gasteiger partial charge in [-0.05, 0) is 6.08 Å². The van der Waals surface area contributed by atoms with Crippen LogP contribution in [0.5, 0.6) is 0 Å². The summed E-state index contributed by atoms with van der Waals surface area (Å²) in [6.45, 7) is -0.361. The number of hydrogen-bond donors (Lipinski definition) is 2. The molecular weight excluding hydrogens is 392 g/mol. The Bertz CT molecular complexity index is 487. The van der Waals surface area contributed by atoms with E-state index >= 15 is 0 Å². The topological polar surface area (TPSA) is 127 Å². The maximum Gasteiger partial charge on any atom is 0.246 e. The summed E-state index contributed by atoms with van der Waals surface area (Å²) in [6, 6.07) is 0. The summed E-state index contributed by atoms with van der Waals surface area (Å²) in [5.41, 5.74) is -0.659. The minimum atomic E-state index is -0.659. The maximum absolute atomic E-state index is 11.5. The van der Waals surface area contributed by atoms with E-state index in [9.17, 15) is 24.0 Å². The normalized spacial score (nSPS) is 9.71. The van der Waals surface area contributed by atoms with Crippen molar-refractivity contribution in [2.24, 2.45) is 0 Å². The second kappa shape index (κ2) is 15.2. The fourth-order valence-corrected chi connectivity index (χ4v) is 1.26. The third kappa shape index (κ3) is 14.2. The predicted octanol–water partition coefficient (Wildman–Crippen LogP) is -2.15. The Hall–Kier alpha value is -1.38. The van der Waals surface area contributed by atoms with Gasteiger partial charge in [-0.3, -0.25) is 19.2 Å². The third-order valence-corrected chi connectivity index (χ3v) is 2.47. The molecule has 0 aromatic carbocycles. The van der Waals surface area contributed by atoms with Gasteiger partial charge in [-0.25, -0.2) is 0 Å². The molecular formula is C13H18BN4O5Y-. The van der Waals surface area contributed by atoms with Crippen LogP contribution in [0.3, 0.4) is 0 Å². The zero-order valence-electron chi connectivity index (χ0n) is 13.4. The molecule has 0 atom stereocenters. The molecule has 0 bridgehead atoms. The molecule has 0 aliphatic carbocycles. The quantitative estimate of drug-likeness (QED) is 0.174. The van der Waals surface area contributed by atoms with Gasteiger partial charge in [0.05, 0.1) is 12.2 Å². The van der Waals surface area contributed by atoms with Crippen LogP contribution in [0.25, 0.3) is 5.32 Å². The molecule has 0 unspecified atom stereocenters. The number of amides is 3. The fraction of sp³-hybridized carbons (Fsp3) is 0.462. The van der Waals surface area contributed by atoms with E-state index in [0.29, 0.717) is 6.29 Å². The summed E-state index contributed by atoms with van der Waals surface area (Å²) in [6.07, 6.45) is 2.71. The first kappa shape index (κ1) is 24.9. The molecule has 0 aliphatic rings. The third-order valence-electron chi connectivity index (χ3n) is 2.47. The summed E-state index contributed by atoms with van der Waals surface area (Å²) in [7, 11) is 6.35. The SMILES string of the molecule is [B]C(=O)CNC(=O)C[N-]CNC(=O)CCN(C)C(=O)/C=C\C=O.[Y]. The summed E-state index contributed by atoms with van der Waals surface area (Å²) < 4.78 is 0.